The van der Waals surface area contributed by atoms with E-state index in [1.165, 1.54) is 12.2 Å². The average molecular weight is 461 g/mol. The van der Waals surface area contributed by atoms with Gasteiger partial charge in [-0.2, -0.15) is 0 Å². The first-order chi connectivity index (χ1) is 12.6. The Kier molecular flexibility index (Phi) is 9.41. The van der Waals surface area contributed by atoms with Gasteiger partial charge in [0.05, 0.1) is 6.26 Å². The fourth-order valence-electron chi connectivity index (χ4n) is 5.02. The van der Waals surface area contributed by atoms with Crippen molar-refractivity contribution in [1.82, 2.24) is 4.57 Å². The van der Waals surface area contributed by atoms with E-state index in [1.54, 1.807) is 0 Å². The van der Waals surface area contributed by atoms with Crippen molar-refractivity contribution in [3.8, 4) is 0 Å². The third-order valence-corrected chi connectivity index (χ3v) is 10.9. The van der Waals surface area contributed by atoms with Gasteiger partial charge in [-0.3, -0.25) is 0 Å². The molecule has 7 heteroatoms. The van der Waals surface area contributed by atoms with E-state index in [1.807, 2.05) is 12.3 Å². The predicted molar refractivity (Wildman–Crippen MR) is 115 cm³/mol. The molecule has 0 N–H and O–H groups in total. The van der Waals surface area contributed by atoms with Gasteiger partial charge >= 0.3 is 35.6 Å². The number of fused-ring (bicyclic) bond motifs is 1. The number of hydrogen-bond acceptors (Lipinski definition) is 2. The number of halogens is 2. The molecule has 0 bridgehead atoms. The summed E-state index contributed by atoms with van der Waals surface area (Å²) in [4.78, 5) is 0. The molecule has 3 nitrogen and oxygen atoms in total. The zero-order valence-electron chi connectivity index (χ0n) is 16.4. The summed E-state index contributed by atoms with van der Waals surface area (Å²) in [7, 11) is 8.29. The third-order valence-electron chi connectivity index (χ3n) is 6.35. The summed E-state index contributed by atoms with van der Waals surface area (Å²) >= 11 is -0.556. The van der Waals surface area contributed by atoms with Crippen LogP contribution in [0.4, 0.5) is 0 Å². The minimum atomic E-state index is -1.49. The quantitative estimate of drug-likeness (QED) is 0.396. The Labute approximate surface area is 182 Å². The summed E-state index contributed by atoms with van der Waals surface area (Å²) < 4.78 is 8.61. The second-order valence-electron chi connectivity index (χ2n) is 7.77. The molecule has 1 saturated heterocycles. The predicted octanol–water partition coefficient (Wildman–Crippen LogP) is 6.22. The summed E-state index contributed by atoms with van der Waals surface area (Å²) in [6, 6.07) is 4.21. The zero-order valence-corrected chi connectivity index (χ0v) is 20.5. The van der Waals surface area contributed by atoms with Gasteiger partial charge in [0.15, 0.2) is 0 Å². The van der Waals surface area contributed by atoms with Gasteiger partial charge in [-0.05, 0) is 49.0 Å². The van der Waals surface area contributed by atoms with Crippen LogP contribution >= 0.6 is 18.6 Å². The fourth-order valence-corrected chi connectivity index (χ4v) is 8.95. The molecule has 3 unspecified atom stereocenters. The van der Waals surface area contributed by atoms with Crippen LogP contribution in [0.5, 0.6) is 0 Å². The van der Waals surface area contributed by atoms with E-state index in [0.717, 1.165) is 31.7 Å². The van der Waals surface area contributed by atoms with Crippen LogP contribution < -0.4 is 0 Å². The molecular weight excluding hydrogens is 431 g/mol. The third kappa shape index (κ3) is 5.22. The Morgan fingerprint density at radius 2 is 1.78 bits per heavy atom. The van der Waals surface area contributed by atoms with Crippen molar-refractivity contribution in [1.29, 1.82) is 0 Å². The molecule has 2 heterocycles. The topological polar surface area (TPSA) is 30.5 Å². The van der Waals surface area contributed by atoms with Crippen molar-refractivity contribution in [2.75, 3.05) is 26.2 Å². The zero-order chi connectivity index (χ0) is 18.6. The summed E-state index contributed by atoms with van der Waals surface area (Å²) in [5, 5.41) is 4.54. The monoisotopic (exact) mass is 460 g/mol. The Morgan fingerprint density at radius 3 is 2.37 bits per heavy atom. The molecule has 4 atom stereocenters. The number of piperazine rings is 1. The molecule has 1 saturated carbocycles. The van der Waals surface area contributed by atoms with E-state index < -0.39 is 25.3 Å². The van der Waals surface area contributed by atoms with Crippen molar-refractivity contribution < 1.29 is 21.4 Å². The standard InChI is InChI=1S/C19H27N2OSi.CH3.2ClH.Ti/c1-23(2,21-11-9-20-10-12-21)19-14-17(18-8-5-13-22-18)15-6-3-4-7-16(15)19;;;;/h3-8,13,15-17,19H,9-12,14H2,1-2H3;1H3;2*1H;/q2*-1;;;+2/p-2/t15?,16?,17-,19?;;;;/m0..../s1. The van der Waals surface area contributed by atoms with Gasteiger partial charge in [0.25, 0.3) is 0 Å². The van der Waals surface area contributed by atoms with Gasteiger partial charge in [0.1, 0.15) is 14.0 Å². The van der Waals surface area contributed by atoms with E-state index in [-0.39, 0.29) is 7.43 Å². The molecule has 27 heavy (non-hydrogen) atoms. The van der Waals surface area contributed by atoms with Gasteiger partial charge in [-0.1, -0.05) is 37.4 Å². The maximum absolute atomic E-state index is 5.80. The van der Waals surface area contributed by atoms with Crippen molar-refractivity contribution >= 4 is 26.8 Å². The molecular formula is C20H30Cl2N2OSiTi-2. The molecule has 1 aliphatic heterocycles. The first-order valence-corrected chi connectivity index (χ1v) is 16.6. The fraction of sp³-hybridized carbons (Fsp3) is 0.550. The van der Waals surface area contributed by atoms with Gasteiger partial charge in [-0.15, -0.1) is 13.1 Å². The van der Waals surface area contributed by atoms with E-state index in [0.29, 0.717) is 17.8 Å². The SMILES string of the molecule is C[Si](C)(C1C[C@H](c2ccco2)C2C=CC=CC21)N1CC[N-]CC1.[CH3-].[Cl][Ti][Cl]. The molecule has 2 fully saturated rings. The number of furan rings is 1. The van der Waals surface area contributed by atoms with Gasteiger partial charge in [0.2, 0.25) is 0 Å². The summed E-state index contributed by atoms with van der Waals surface area (Å²) in [5.74, 6) is 3.01. The molecule has 4 rings (SSSR count). The molecule has 3 aliphatic rings. The van der Waals surface area contributed by atoms with Crippen LogP contribution in [0.2, 0.25) is 18.6 Å². The first kappa shape index (κ1) is 23.5. The number of hydrogen-bond donors (Lipinski definition) is 0. The number of nitrogens with zero attached hydrogens (tertiary/aromatic N) is 2. The van der Waals surface area contributed by atoms with Crippen molar-refractivity contribution in [2.24, 2.45) is 11.8 Å². The summed E-state index contributed by atoms with van der Waals surface area (Å²) in [6.07, 6.45) is 12.5. The Bertz CT molecular complexity index is 618. The van der Waals surface area contributed by atoms with Crippen LogP contribution in [-0.2, 0) is 17.0 Å². The van der Waals surface area contributed by atoms with Crippen LogP contribution in [0.3, 0.4) is 0 Å². The molecule has 0 amide bonds. The van der Waals surface area contributed by atoms with Gasteiger partial charge < -0.3 is 21.7 Å². The van der Waals surface area contributed by atoms with E-state index in [4.69, 9.17) is 23.0 Å². The maximum atomic E-state index is 5.80. The van der Waals surface area contributed by atoms with E-state index >= 15 is 0 Å². The molecule has 0 aromatic carbocycles. The molecule has 0 spiro atoms. The molecule has 150 valence electrons. The molecule has 1 aromatic rings. The Morgan fingerprint density at radius 1 is 1.15 bits per heavy atom. The van der Waals surface area contributed by atoms with Gasteiger partial charge in [-0.25, -0.2) is 0 Å². The van der Waals surface area contributed by atoms with Crippen molar-refractivity contribution in [2.45, 2.75) is 31.0 Å². The summed E-state index contributed by atoms with van der Waals surface area (Å²) in [6.45, 7) is 9.53. The number of rotatable bonds is 3. The Hall–Kier alpha value is 0.191. The normalized spacial score (nSPS) is 30.1. The van der Waals surface area contributed by atoms with Crippen LogP contribution in [-0.4, -0.2) is 39.0 Å². The van der Waals surface area contributed by atoms with E-state index in [2.05, 4.69) is 53.3 Å². The van der Waals surface area contributed by atoms with E-state index in [9.17, 15) is 0 Å². The molecule has 1 aromatic heterocycles. The van der Waals surface area contributed by atoms with Crippen LogP contribution in [0.25, 0.3) is 5.32 Å². The summed E-state index contributed by atoms with van der Waals surface area (Å²) in [5.41, 5.74) is 0.793. The molecule has 2 aliphatic carbocycles. The van der Waals surface area contributed by atoms with Crippen molar-refractivity contribution in [3.63, 3.8) is 0 Å². The van der Waals surface area contributed by atoms with Crippen molar-refractivity contribution in [3.05, 3.63) is 61.2 Å². The Balaban J connectivity index is 0.000000614. The molecule has 0 radical (unpaired) electrons. The minimum absolute atomic E-state index is 0. The second-order valence-corrected chi connectivity index (χ2v) is 15.0. The van der Waals surface area contributed by atoms with Gasteiger partial charge in [0, 0.05) is 5.92 Å². The van der Waals surface area contributed by atoms with Crippen LogP contribution in [0.15, 0.2) is 47.1 Å². The van der Waals surface area contributed by atoms with Crippen LogP contribution in [0.1, 0.15) is 18.1 Å². The van der Waals surface area contributed by atoms with Crippen LogP contribution in [0, 0.1) is 19.3 Å². The second kappa shape index (κ2) is 10.8. The number of allylic oxidation sites excluding steroid dienone is 4. The average Bonchev–Trinajstić information content (AvgIpc) is 3.31. The first-order valence-electron chi connectivity index (χ1n) is 9.32.